The van der Waals surface area contributed by atoms with E-state index in [1.807, 2.05) is 6.92 Å². The summed E-state index contributed by atoms with van der Waals surface area (Å²) < 4.78 is 25.4. The fourth-order valence-corrected chi connectivity index (χ4v) is 3.75. The summed E-state index contributed by atoms with van der Waals surface area (Å²) in [5, 5.41) is 8.10. The van der Waals surface area contributed by atoms with Crippen molar-refractivity contribution in [1.82, 2.24) is 9.21 Å². The molecule has 0 atom stereocenters. The number of hydrogen-bond donors (Lipinski definition) is 3. The molecule has 0 spiro atoms. The molecule has 2 aromatic carbocycles. The van der Waals surface area contributed by atoms with Crippen molar-refractivity contribution in [1.29, 1.82) is 0 Å². The van der Waals surface area contributed by atoms with E-state index in [0.717, 1.165) is 4.31 Å². The first-order valence-corrected chi connectivity index (χ1v) is 11.7. The van der Waals surface area contributed by atoms with E-state index >= 15 is 0 Å². The van der Waals surface area contributed by atoms with Crippen LogP contribution in [0.1, 0.15) is 13.8 Å². The number of nitrogens with one attached hydrogen (secondary N) is 3. The lowest BCUT2D eigenvalue weighted by atomic mass is 10.2. The summed E-state index contributed by atoms with van der Waals surface area (Å²) in [6.45, 7) is 3.72. The van der Waals surface area contributed by atoms with E-state index in [1.165, 1.54) is 45.3 Å². The predicted octanol–water partition coefficient (Wildman–Crippen LogP) is 1.79. The molecule has 0 bridgehead atoms. The third kappa shape index (κ3) is 7.97. The van der Waals surface area contributed by atoms with Crippen molar-refractivity contribution in [3.8, 4) is 0 Å². The summed E-state index contributed by atoms with van der Waals surface area (Å²) in [6, 6.07) is 12.6. The number of likely N-dealkylation sites (N-methyl/N-ethyl adjacent to an activating group) is 1. The van der Waals surface area contributed by atoms with Crippen molar-refractivity contribution >= 4 is 44.8 Å². The molecule has 0 aliphatic heterocycles. The van der Waals surface area contributed by atoms with E-state index in [1.54, 1.807) is 29.2 Å². The number of rotatable bonds is 10. The largest absolute Gasteiger partial charge is 0.326 e. The second-order valence-corrected chi connectivity index (χ2v) is 9.62. The maximum Gasteiger partial charge on any atom is 0.242 e. The van der Waals surface area contributed by atoms with Crippen LogP contribution >= 0.6 is 0 Å². The Morgan fingerprint density at radius 2 is 1.15 bits per heavy atom. The van der Waals surface area contributed by atoms with E-state index < -0.39 is 10.0 Å². The number of nitrogens with zero attached hydrogens (tertiary/aromatic N) is 2. The zero-order valence-electron chi connectivity index (χ0n) is 19.1. The molecule has 2 rings (SSSR count). The van der Waals surface area contributed by atoms with Crippen molar-refractivity contribution in [2.45, 2.75) is 18.7 Å². The van der Waals surface area contributed by atoms with Gasteiger partial charge in [-0.05, 0) is 55.1 Å². The first-order valence-electron chi connectivity index (χ1n) is 10.2. The van der Waals surface area contributed by atoms with Gasteiger partial charge >= 0.3 is 0 Å². The van der Waals surface area contributed by atoms with Crippen molar-refractivity contribution in [2.24, 2.45) is 0 Å². The average Bonchev–Trinajstić information content (AvgIpc) is 2.74. The van der Waals surface area contributed by atoms with Gasteiger partial charge in [-0.3, -0.25) is 19.3 Å². The van der Waals surface area contributed by atoms with Gasteiger partial charge in [-0.1, -0.05) is 6.92 Å². The summed E-state index contributed by atoms with van der Waals surface area (Å²) >= 11 is 0. The molecule has 33 heavy (non-hydrogen) atoms. The maximum atomic E-state index is 12.4. The molecular weight excluding hydrogens is 446 g/mol. The van der Waals surface area contributed by atoms with Crippen molar-refractivity contribution < 1.29 is 22.8 Å². The third-order valence-corrected chi connectivity index (χ3v) is 6.42. The quantitative estimate of drug-likeness (QED) is 0.481. The summed E-state index contributed by atoms with van der Waals surface area (Å²) in [4.78, 5) is 37.6. The molecule has 3 N–H and O–H groups in total. The van der Waals surface area contributed by atoms with Gasteiger partial charge in [-0.15, -0.1) is 0 Å². The number of anilines is 3. The van der Waals surface area contributed by atoms with Gasteiger partial charge in [0.1, 0.15) is 0 Å². The molecule has 0 unspecified atom stereocenters. The van der Waals surface area contributed by atoms with E-state index in [4.69, 9.17) is 0 Å². The lowest BCUT2D eigenvalue weighted by molar-refractivity contribution is -0.120. The summed E-state index contributed by atoms with van der Waals surface area (Å²) in [7, 11) is -0.651. The highest BCUT2D eigenvalue weighted by molar-refractivity contribution is 7.89. The van der Waals surface area contributed by atoms with Crippen LogP contribution in [0, 0.1) is 0 Å². The van der Waals surface area contributed by atoms with Crippen LogP contribution in [-0.2, 0) is 24.4 Å². The molecule has 0 fully saturated rings. The van der Waals surface area contributed by atoms with Crippen molar-refractivity contribution in [3.63, 3.8) is 0 Å². The molecule has 0 saturated carbocycles. The zero-order chi connectivity index (χ0) is 24.6. The van der Waals surface area contributed by atoms with Crippen molar-refractivity contribution in [2.75, 3.05) is 49.7 Å². The van der Waals surface area contributed by atoms with E-state index in [0.29, 0.717) is 23.6 Å². The van der Waals surface area contributed by atoms with Gasteiger partial charge in [0.15, 0.2) is 0 Å². The van der Waals surface area contributed by atoms with Gasteiger partial charge in [0.25, 0.3) is 0 Å². The molecular formula is C22H29N5O5S. The lowest BCUT2D eigenvalue weighted by Gasteiger charge is -2.19. The molecule has 10 nitrogen and oxygen atoms in total. The standard InChI is InChI=1S/C22H29N5O5S/c1-5-27(14-21(29)24-18-8-6-17(7-9-18)23-16(2)28)15-22(30)25-19-10-12-20(13-11-19)33(31,32)26(3)4/h6-13H,5,14-15H2,1-4H3,(H,23,28)(H,24,29)(H,25,30). The van der Waals surface area contributed by atoms with E-state index in [2.05, 4.69) is 16.0 Å². The van der Waals surface area contributed by atoms with Gasteiger partial charge in [0.05, 0.1) is 18.0 Å². The average molecular weight is 476 g/mol. The first-order chi connectivity index (χ1) is 15.5. The first kappa shape index (κ1) is 26.0. The Morgan fingerprint density at radius 3 is 1.52 bits per heavy atom. The second kappa shape index (κ2) is 11.5. The number of sulfonamides is 1. The third-order valence-electron chi connectivity index (χ3n) is 4.59. The SMILES string of the molecule is CCN(CC(=O)Nc1ccc(NC(C)=O)cc1)CC(=O)Nc1ccc(S(=O)(=O)N(C)C)cc1. The van der Waals surface area contributed by atoms with Crippen LogP contribution < -0.4 is 16.0 Å². The molecule has 2 aromatic rings. The second-order valence-electron chi connectivity index (χ2n) is 7.47. The Morgan fingerprint density at radius 1 is 0.758 bits per heavy atom. The number of carbonyl (C=O) groups excluding carboxylic acids is 3. The normalized spacial score (nSPS) is 11.3. The molecule has 3 amide bonds. The van der Waals surface area contributed by atoms with Gasteiger partial charge in [-0.25, -0.2) is 12.7 Å². The highest BCUT2D eigenvalue weighted by Crippen LogP contribution is 2.17. The molecule has 0 radical (unpaired) electrons. The number of hydrogen-bond acceptors (Lipinski definition) is 6. The van der Waals surface area contributed by atoms with Gasteiger partial charge in [-0.2, -0.15) is 0 Å². The zero-order valence-corrected chi connectivity index (χ0v) is 19.9. The molecule has 11 heteroatoms. The Kier molecular flexibility index (Phi) is 9.09. The Labute approximate surface area is 194 Å². The highest BCUT2D eigenvalue weighted by Gasteiger charge is 2.17. The summed E-state index contributed by atoms with van der Waals surface area (Å²) in [5.74, 6) is -0.791. The minimum Gasteiger partial charge on any atom is -0.326 e. The fourth-order valence-electron chi connectivity index (χ4n) is 2.85. The summed E-state index contributed by atoms with van der Waals surface area (Å²) in [6.07, 6.45) is 0. The topological polar surface area (TPSA) is 128 Å². The number of benzene rings is 2. The van der Waals surface area contributed by atoms with Crippen molar-refractivity contribution in [3.05, 3.63) is 48.5 Å². The monoisotopic (exact) mass is 475 g/mol. The van der Waals surface area contributed by atoms with Crippen LogP contribution in [0.3, 0.4) is 0 Å². The number of carbonyl (C=O) groups is 3. The highest BCUT2D eigenvalue weighted by atomic mass is 32.2. The molecule has 0 aromatic heterocycles. The Hall–Kier alpha value is -3.28. The fraction of sp³-hybridized carbons (Fsp3) is 0.318. The molecule has 0 aliphatic carbocycles. The van der Waals surface area contributed by atoms with Crippen LogP contribution in [0.4, 0.5) is 17.1 Å². The van der Waals surface area contributed by atoms with E-state index in [-0.39, 0.29) is 35.7 Å². The maximum absolute atomic E-state index is 12.4. The van der Waals surface area contributed by atoms with Gasteiger partial charge < -0.3 is 16.0 Å². The summed E-state index contributed by atoms with van der Waals surface area (Å²) in [5.41, 5.74) is 1.65. The molecule has 0 saturated heterocycles. The van der Waals surface area contributed by atoms with Crippen LogP contribution in [0.25, 0.3) is 0 Å². The van der Waals surface area contributed by atoms with E-state index in [9.17, 15) is 22.8 Å². The molecule has 0 aliphatic rings. The minimum absolute atomic E-state index is 0.0108. The minimum atomic E-state index is -3.54. The van der Waals surface area contributed by atoms with Gasteiger partial charge in [0.2, 0.25) is 27.7 Å². The van der Waals surface area contributed by atoms with Crippen LogP contribution in [0.15, 0.2) is 53.4 Å². The predicted molar refractivity (Wildman–Crippen MR) is 127 cm³/mol. The molecule has 0 heterocycles. The molecule has 178 valence electrons. The van der Waals surface area contributed by atoms with Crippen LogP contribution in [0.2, 0.25) is 0 Å². The van der Waals surface area contributed by atoms with Gasteiger partial charge in [0, 0.05) is 38.1 Å². The smallest absolute Gasteiger partial charge is 0.242 e. The Balaban J connectivity index is 1.88. The van der Waals surface area contributed by atoms with Crippen LogP contribution in [-0.4, -0.2) is 69.1 Å². The lowest BCUT2D eigenvalue weighted by Crippen LogP contribution is -2.38. The number of amides is 3. The van der Waals surface area contributed by atoms with Crippen LogP contribution in [0.5, 0.6) is 0 Å². The Bertz CT molecular complexity index is 1080.